The van der Waals surface area contributed by atoms with Crippen LogP contribution in [0.15, 0.2) is 78.9 Å². The van der Waals surface area contributed by atoms with Crippen molar-refractivity contribution in [2.45, 2.75) is 18.9 Å². The Hall–Kier alpha value is -3.71. The first-order valence-corrected chi connectivity index (χ1v) is 10.8. The van der Waals surface area contributed by atoms with Gasteiger partial charge in [0.1, 0.15) is 11.9 Å². The molecule has 0 radical (unpaired) electrons. The minimum atomic E-state index is -0.961. The van der Waals surface area contributed by atoms with Crippen LogP contribution in [0.25, 0.3) is 0 Å². The van der Waals surface area contributed by atoms with Gasteiger partial charge in [-0.3, -0.25) is 9.59 Å². The number of imide groups is 1. The smallest absolute Gasteiger partial charge is 0.326 e. The fraction of sp³-hybridized carbons (Fsp3) is 0.160. The molecule has 0 aliphatic carbocycles. The molecule has 1 aliphatic rings. The number of carbonyl (C=O) groups is 3. The van der Waals surface area contributed by atoms with E-state index in [1.165, 1.54) is 29.2 Å². The molecule has 1 aliphatic heterocycles. The Bertz CT molecular complexity index is 1150. The van der Waals surface area contributed by atoms with Crippen molar-refractivity contribution in [2.75, 3.05) is 16.8 Å². The molecule has 33 heavy (non-hydrogen) atoms. The maximum atomic E-state index is 13.3. The molecule has 1 fully saturated rings. The van der Waals surface area contributed by atoms with Crippen LogP contribution in [0.4, 0.5) is 20.6 Å². The average Bonchev–Trinajstić information content (AvgIpc) is 3.04. The van der Waals surface area contributed by atoms with Crippen molar-refractivity contribution in [3.63, 3.8) is 0 Å². The van der Waals surface area contributed by atoms with Gasteiger partial charge < -0.3 is 10.2 Å². The molecular formula is C25H21ClFN3O3. The molecule has 1 N–H and O–H groups in total. The van der Waals surface area contributed by atoms with Gasteiger partial charge in [0.2, 0.25) is 5.91 Å². The molecule has 6 nitrogen and oxygen atoms in total. The number of halogens is 2. The van der Waals surface area contributed by atoms with Crippen LogP contribution in [0.2, 0.25) is 5.02 Å². The Balaban J connectivity index is 1.55. The summed E-state index contributed by atoms with van der Waals surface area (Å²) in [4.78, 5) is 41.7. The summed E-state index contributed by atoms with van der Waals surface area (Å²) >= 11 is 5.95. The highest BCUT2D eigenvalue weighted by atomic mass is 35.5. The zero-order chi connectivity index (χ0) is 23.4. The normalized spacial score (nSPS) is 15.8. The molecule has 3 aromatic rings. The average molecular weight is 466 g/mol. The number of hydrogen-bond donors (Lipinski definition) is 1. The third-order valence-corrected chi connectivity index (χ3v) is 5.65. The molecule has 1 atom stereocenters. The first-order valence-electron chi connectivity index (χ1n) is 10.4. The van der Waals surface area contributed by atoms with Crippen LogP contribution >= 0.6 is 11.6 Å². The lowest BCUT2D eigenvalue weighted by Crippen LogP contribution is -2.39. The number of urea groups is 1. The number of anilines is 2. The highest BCUT2D eigenvalue weighted by Gasteiger charge is 2.46. The molecule has 4 rings (SSSR count). The second-order valence-electron chi connectivity index (χ2n) is 7.64. The zero-order valence-electron chi connectivity index (χ0n) is 17.6. The van der Waals surface area contributed by atoms with E-state index in [0.29, 0.717) is 22.8 Å². The Morgan fingerprint density at radius 3 is 2.27 bits per heavy atom. The summed E-state index contributed by atoms with van der Waals surface area (Å²) < 4.78 is 13.1. The second-order valence-corrected chi connectivity index (χ2v) is 8.07. The largest absolute Gasteiger partial charge is 0.332 e. The van der Waals surface area contributed by atoms with Crippen molar-refractivity contribution in [1.82, 2.24) is 4.90 Å². The minimum absolute atomic E-state index is 0.221. The van der Waals surface area contributed by atoms with E-state index < -0.39 is 29.7 Å². The van der Waals surface area contributed by atoms with Crippen LogP contribution in [0.5, 0.6) is 0 Å². The van der Waals surface area contributed by atoms with E-state index in [2.05, 4.69) is 5.32 Å². The molecule has 0 saturated carbocycles. The third-order valence-electron chi connectivity index (χ3n) is 5.39. The highest BCUT2D eigenvalue weighted by molar-refractivity contribution is 6.30. The van der Waals surface area contributed by atoms with E-state index in [1.807, 2.05) is 30.3 Å². The van der Waals surface area contributed by atoms with E-state index in [1.54, 1.807) is 24.3 Å². The van der Waals surface area contributed by atoms with E-state index in [-0.39, 0.29) is 13.0 Å². The molecule has 8 heteroatoms. The number of hydrogen-bond acceptors (Lipinski definition) is 3. The number of amides is 4. The van der Waals surface area contributed by atoms with Crippen molar-refractivity contribution < 1.29 is 18.8 Å². The summed E-state index contributed by atoms with van der Waals surface area (Å²) in [6.45, 7) is 0.271. The Labute approximate surface area is 195 Å². The maximum Gasteiger partial charge on any atom is 0.332 e. The van der Waals surface area contributed by atoms with Crippen LogP contribution in [0.3, 0.4) is 0 Å². The van der Waals surface area contributed by atoms with Crippen molar-refractivity contribution in [2.24, 2.45) is 0 Å². The maximum absolute atomic E-state index is 13.3. The SMILES string of the molecule is O=C(C[C@@H]1C(=O)N(c2ccc(Cl)cc2)C(=O)N1CCc1ccccc1)Nc1ccc(F)cc1. The highest BCUT2D eigenvalue weighted by Crippen LogP contribution is 2.28. The van der Waals surface area contributed by atoms with Crippen molar-refractivity contribution in [1.29, 1.82) is 0 Å². The molecule has 0 aromatic heterocycles. The monoisotopic (exact) mass is 465 g/mol. The van der Waals surface area contributed by atoms with Crippen LogP contribution < -0.4 is 10.2 Å². The number of benzene rings is 3. The quantitative estimate of drug-likeness (QED) is 0.505. The molecule has 0 bridgehead atoms. The molecule has 1 heterocycles. The molecule has 4 amide bonds. The predicted molar refractivity (Wildman–Crippen MR) is 125 cm³/mol. The molecular weight excluding hydrogens is 445 g/mol. The van der Waals surface area contributed by atoms with Crippen LogP contribution in [-0.2, 0) is 16.0 Å². The summed E-state index contributed by atoms with van der Waals surface area (Å²) in [7, 11) is 0. The molecule has 168 valence electrons. The lowest BCUT2D eigenvalue weighted by molar-refractivity contribution is -0.124. The fourth-order valence-corrected chi connectivity index (χ4v) is 3.86. The summed E-state index contributed by atoms with van der Waals surface area (Å²) in [6, 6.07) is 19.8. The number of carbonyl (C=O) groups excluding carboxylic acids is 3. The number of rotatable bonds is 7. The first-order chi connectivity index (χ1) is 15.9. The standard InChI is InChI=1S/C25H21ClFN3O3/c26-18-6-12-21(13-7-18)30-24(32)22(16-23(31)28-20-10-8-19(27)9-11-20)29(25(30)33)15-14-17-4-2-1-3-5-17/h1-13,22H,14-16H2,(H,28,31)/t22-/m1/s1. The predicted octanol–water partition coefficient (Wildman–Crippen LogP) is 4.89. The van der Waals surface area contributed by atoms with Crippen molar-refractivity contribution in [3.8, 4) is 0 Å². The number of nitrogens with one attached hydrogen (secondary N) is 1. The summed E-state index contributed by atoms with van der Waals surface area (Å²) in [5, 5.41) is 3.14. The summed E-state index contributed by atoms with van der Waals surface area (Å²) in [6.07, 6.45) is 0.311. The second kappa shape index (κ2) is 9.83. The van der Waals surface area contributed by atoms with Gasteiger partial charge in [-0.1, -0.05) is 41.9 Å². The van der Waals surface area contributed by atoms with Gasteiger partial charge in [-0.25, -0.2) is 14.1 Å². The van der Waals surface area contributed by atoms with Gasteiger partial charge in [0.25, 0.3) is 5.91 Å². The van der Waals surface area contributed by atoms with E-state index >= 15 is 0 Å². The van der Waals surface area contributed by atoms with Gasteiger partial charge in [-0.05, 0) is 60.5 Å². The van der Waals surface area contributed by atoms with E-state index in [9.17, 15) is 18.8 Å². The third kappa shape index (κ3) is 5.21. The summed E-state index contributed by atoms with van der Waals surface area (Å²) in [5.41, 5.74) is 1.81. The van der Waals surface area contributed by atoms with Crippen LogP contribution in [0, 0.1) is 5.82 Å². The van der Waals surface area contributed by atoms with Gasteiger partial charge in [0.05, 0.1) is 12.1 Å². The Kier molecular flexibility index (Phi) is 6.70. The minimum Gasteiger partial charge on any atom is -0.326 e. The Morgan fingerprint density at radius 2 is 1.61 bits per heavy atom. The van der Waals surface area contributed by atoms with Gasteiger partial charge in [0.15, 0.2) is 0 Å². The lowest BCUT2D eigenvalue weighted by Gasteiger charge is -2.21. The molecule has 1 saturated heterocycles. The van der Waals surface area contributed by atoms with Gasteiger partial charge >= 0.3 is 6.03 Å². The Morgan fingerprint density at radius 1 is 0.939 bits per heavy atom. The van der Waals surface area contributed by atoms with E-state index in [0.717, 1.165) is 10.5 Å². The number of nitrogens with zero attached hydrogens (tertiary/aromatic N) is 2. The topological polar surface area (TPSA) is 69.7 Å². The van der Waals surface area contributed by atoms with Crippen molar-refractivity contribution in [3.05, 3.63) is 95.3 Å². The molecule has 0 unspecified atom stereocenters. The fourth-order valence-electron chi connectivity index (χ4n) is 3.73. The summed E-state index contributed by atoms with van der Waals surface area (Å²) in [5.74, 6) is -1.35. The van der Waals surface area contributed by atoms with E-state index in [4.69, 9.17) is 11.6 Å². The first kappa shape index (κ1) is 22.5. The van der Waals surface area contributed by atoms with Crippen LogP contribution in [-0.4, -0.2) is 35.3 Å². The molecule has 3 aromatic carbocycles. The van der Waals surface area contributed by atoms with Gasteiger partial charge in [0, 0.05) is 17.3 Å². The van der Waals surface area contributed by atoms with Gasteiger partial charge in [-0.15, -0.1) is 0 Å². The lowest BCUT2D eigenvalue weighted by atomic mass is 10.1. The van der Waals surface area contributed by atoms with Crippen molar-refractivity contribution >= 4 is 40.8 Å². The molecule has 0 spiro atoms. The van der Waals surface area contributed by atoms with Crippen LogP contribution in [0.1, 0.15) is 12.0 Å². The van der Waals surface area contributed by atoms with Gasteiger partial charge in [-0.2, -0.15) is 0 Å². The zero-order valence-corrected chi connectivity index (χ0v) is 18.3.